The van der Waals surface area contributed by atoms with Gasteiger partial charge in [-0.05, 0) is 27.7 Å². The lowest BCUT2D eigenvalue weighted by atomic mass is 9.86. The quantitative estimate of drug-likeness (QED) is 0.460. The van der Waals surface area contributed by atoms with Crippen molar-refractivity contribution >= 4 is 18.0 Å². The maximum Gasteiger partial charge on any atom is 0.407 e. The Kier molecular flexibility index (Phi) is 8.28. The molecular weight excluding hydrogens is 436 g/mol. The van der Waals surface area contributed by atoms with Crippen LogP contribution in [-0.2, 0) is 19.1 Å². The van der Waals surface area contributed by atoms with Gasteiger partial charge in [-0.25, -0.2) is 4.79 Å². The summed E-state index contributed by atoms with van der Waals surface area (Å²) in [7, 11) is 0. The molecule has 0 unspecified atom stereocenters. The second-order valence-corrected chi connectivity index (χ2v) is 9.32. The molecule has 2 amide bonds. The highest BCUT2D eigenvalue weighted by Gasteiger charge is 2.34. The summed E-state index contributed by atoms with van der Waals surface area (Å²) >= 11 is 0. The minimum absolute atomic E-state index is 0.0667. The standard InChI is InChI=1S/C26H32N2O6/c1-26(2,3)23(24(31)27-13-15-33-14-12-22(29)30)28-25(32)34-16-21-19-10-6-4-8-17(19)18-9-5-7-11-20(18)21/h4-11,21,23H,12-16H2,1-3H3,(H,27,31)(H,28,32)(H,29,30)/t23-/m0/s1. The molecular formula is C26H32N2O6. The molecule has 3 N–H and O–H groups in total. The Labute approximate surface area is 199 Å². The molecule has 0 radical (unpaired) electrons. The van der Waals surface area contributed by atoms with Gasteiger partial charge < -0.3 is 25.2 Å². The predicted molar refractivity (Wildman–Crippen MR) is 128 cm³/mol. The van der Waals surface area contributed by atoms with Gasteiger partial charge in [0.1, 0.15) is 12.6 Å². The van der Waals surface area contributed by atoms with E-state index in [2.05, 4.69) is 22.8 Å². The lowest BCUT2D eigenvalue weighted by Crippen LogP contribution is -2.54. The highest BCUT2D eigenvalue weighted by molar-refractivity contribution is 5.86. The van der Waals surface area contributed by atoms with Crippen molar-refractivity contribution in [3.05, 3.63) is 59.7 Å². The van der Waals surface area contributed by atoms with Gasteiger partial charge in [0.25, 0.3) is 0 Å². The van der Waals surface area contributed by atoms with Crippen LogP contribution in [-0.4, -0.2) is 55.5 Å². The number of hydrogen-bond acceptors (Lipinski definition) is 5. The number of ether oxygens (including phenoxy) is 2. The zero-order valence-electron chi connectivity index (χ0n) is 19.8. The zero-order valence-corrected chi connectivity index (χ0v) is 19.8. The molecule has 0 aromatic heterocycles. The van der Waals surface area contributed by atoms with E-state index in [-0.39, 0.29) is 44.6 Å². The second kappa shape index (κ2) is 11.2. The largest absolute Gasteiger partial charge is 0.481 e. The van der Waals surface area contributed by atoms with Crippen LogP contribution in [0, 0.1) is 5.41 Å². The number of carboxylic acid groups (broad SMARTS) is 1. The molecule has 0 bridgehead atoms. The van der Waals surface area contributed by atoms with Crippen LogP contribution >= 0.6 is 0 Å². The van der Waals surface area contributed by atoms with Gasteiger partial charge in [-0.3, -0.25) is 9.59 Å². The fourth-order valence-corrected chi connectivity index (χ4v) is 4.04. The number of carbonyl (C=O) groups is 3. The summed E-state index contributed by atoms with van der Waals surface area (Å²) in [5.74, 6) is -1.37. The molecule has 34 heavy (non-hydrogen) atoms. The number of benzene rings is 2. The minimum Gasteiger partial charge on any atom is -0.481 e. The maximum absolute atomic E-state index is 12.7. The van der Waals surface area contributed by atoms with Crippen molar-refractivity contribution < 1.29 is 29.0 Å². The van der Waals surface area contributed by atoms with Crippen molar-refractivity contribution in [2.75, 3.05) is 26.4 Å². The van der Waals surface area contributed by atoms with E-state index in [0.717, 1.165) is 22.3 Å². The van der Waals surface area contributed by atoms with Crippen molar-refractivity contribution in [1.29, 1.82) is 0 Å². The van der Waals surface area contributed by atoms with E-state index in [0.29, 0.717) is 0 Å². The third kappa shape index (κ3) is 6.35. The van der Waals surface area contributed by atoms with Crippen LogP contribution in [0.1, 0.15) is 44.2 Å². The third-order valence-electron chi connectivity index (χ3n) is 5.74. The van der Waals surface area contributed by atoms with Crippen LogP contribution in [0.2, 0.25) is 0 Å². The molecule has 0 saturated carbocycles. The van der Waals surface area contributed by atoms with E-state index < -0.39 is 23.5 Å². The highest BCUT2D eigenvalue weighted by Crippen LogP contribution is 2.44. The lowest BCUT2D eigenvalue weighted by molar-refractivity contribution is -0.138. The third-order valence-corrected chi connectivity index (χ3v) is 5.74. The topological polar surface area (TPSA) is 114 Å². The number of amides is 2. The van der Waals surface area contributed by atoms with Crippen LogP contribution < -0.4 is 10.6 Å². The molecule has 182 valence electrons. The molecule has 0 heterocycles. The molecule has 1 aliphatic carbocycles. The fraction of sp³-hybridized carbons (Fsp3) is 0.423. The smallest absolute Gasteiger partial charge is 0.407 e. The first kappa shape index (κ1) is 25.2. The zero-order chi connectivity index (χ0) is 24.7. The lowest BCUT2D eigenvalue weighted by Gasteiger charge is -2.30. The van der Waals surface area contributed by atoms with Crippen LogP contribution in [0.3, 0.4) is 0 Å². The first-order valence-electron chi connectivity index (χ1n) is 11.4. The van der Waals surface area contributed by atoms with E-state index in [1.165, 1.54) is 0 Å². The number of fused-ring (bicyclic) bond motifs is 3. The van der Waals surface area contributed by atoms with E-state index >= 15 is 0 Å². The van der Waals surface area contributed by atoms with Crippen LogP contribution in [0.15, 0.2) is 48.5 Å². The van der Waals surface area contributed by atoms with Crippen molar-refractivity contribution in [1.82, 2.24) is 10.6 Å². The molecule has 1 atom stereocenters. The fourth-order valence-electron chi connectivity index (χ4n) is 4.04. The Morgan fingerprint density at radius 3 is 2.12 bits per heavy atom. The van der Waals surface area contributed by atoms with Gasteiger partial charge in [0.2, 0.25) is 5.91 Å². The Hall–Kier alpha value is -3.39. The second-order valence-electron chi connectivity index (χ2n) is 9.32. The summed E-state index contributed by atoms with van der Waals surface area (Å²) in [6.45, 7) is 6.18. The SMILES string of the molecule is CC(C)(C)[C@@H](NC(=O)OCC1c2ccccc2-c2ccccc21)C(=O)NCCOCCC(=O)O. The Bertz CT molecular complexity index is 984. The van der Waals surface area contributed by atoms with Gasteiger partial charge in [-0.2, -0.15) is 0 Å². The molecule has 0 aliphatic heterocycles. The summed E-state index contributed by atoms with van der Waals surface area (Å²) in [4.78, 5) is 35.9. The van der Waals surface area contributed by atoms with Crippen molar-refractivity contribution in [2.24, 2.45) is 5.41 Å². The summed E-state index contributed by atoms with van der Waals surface area (Å²) in [6, 6.07) is 15.4. The first-order chi connectivity index (χ1) is 16.2. The van der Waals surface area contributed by atoms with E-state index in [4.69, 9.17) is 14.6 Å². The van der Waals surface area contributed by atoms with Crippen LogP contribution in [0.5, 0.6) is 0 Å². The molecule has 3 rings (SSSR count). The number of hydrogen-bond donors (Lipinski definition) is 3. The van der Waals surface area contributed by atoms with Gasteiger partial charge in [0, 0.05) is 12.5 Å². The Balaban J connectivity index is 1.55. The predicted octanol–water partition coefficient (Wildman–Crippen LogP) is 3.55. The summed E-state index contributed by atoms with van der Waals surface area (Å²) in [5, 5.41) is 14.0. The minimum atomic E-state index is -0.941. The average molecular weight is 469 g/mol. The average Bonchev–Trinajstić information content (AvgIpc) is 3.11. The first-order valence-corrected chi connectivity index (χ1v) is 11.4. The Morgan fingerprint density at radius 2 is 1.56 bits per heavy atom. The maximum atomic E-state index is 12.7. The number of aliphatic carboxylic acids is 1. The van der Waals surface area contributed by atoms with Gasteiger partial charge in [-0.1, -0.05) is 69.3 Å². The van der Waals surface area contributed by atoms with Crippen LogP contribution in [0.25, 0.3) is 11.1 Å². The molecule has 0 saturated heterocycles. The van der Waals surface area contributed by atoms with E-state index in [1.54, 1.807) is 0 Å². The summed E-state index contributed by atoms with van der Waals surface area (Å²) < 4.78 is 10.8. The monoisotopic (exact) mass is 468 g/mol. The summed E-state index contributed by atoms with van der Waals surface area (Å²) in [5.41, 5.74) is 3.96. The van der Waals surface area contributed by atoms with Crippen molar-refractivity contribution in [2.45, 2.75) is 39.2 Å². The van der Waals surface area contributed by atoms with E-state index in [9.17, 15) is 14.4 Å². The normalized spacial score (nSPS) is 13.5. The van der Waals surface area contributed by atoms with Gasteiger partial charge in [0.15, 0.2) is 0 Å². The molecule has 2 aromatic rings. The van der Waals surface area contributed by atoms with Crippen LogP contribution in [0.4, 0.5) is 4.79 Å². The number of nitrogens with one attached hydrogen (secondary N) is 2. The van der Waals surface area contributed by atoms with Gasteiger partial charge in [0.05, 0.1) is 19.6 Å². The molecule has 2 aromatic carbocycles. The van der Waals surface area contributed by atoms with Crippen molar-refractivity contribution in [3.8, 4) is 11.1 Å². The number of carboxylic acids is 1. The molecule has 1 aliphatic rings. The summed E-state index contributed by atoms with van der Waals surface area (Å²) in [6.07, 6.45) is -0.753. The molecule has 8 nitrogen and oxygen atoms in total. The van der Waals surface area contributed by atoms with Gasteiger partial charge in [-0.15, -0.1) is 0 Å². The van der Waals surface area contributed by atoms with Gasteiger partial charge >= 0.3 is 12.1 Å². The highest BCUT2D eigenvalue weighted by atomic mass is 16.5. The Morgan fingerprint density at radius 1 is 0.971 bits per heavy atom. The number of carbonyl (C=O) groups excluding carboxylic acids is 2. The van der Waals surface area contributed by atoms with Crippen molar-refractivity contribution in [3.63, 3.8) is 0 Å². The molecule has 0 fully saturated rings. The number of rotatable bonds is 10. The number of alkyl carbamates (subject to hydrolysis) is 1. The molecule has 0 spiro atoms. The van der Waals surface area contributed by atoms with E-state index in [1.807, 2.05) is 57.2 Å². The molecule has 8 heteroatoms.